The summed E-state index contributed by atoms with van der Waals surface area (Å²) in [6.07, 6.45) is 8.59. The van der Waals surface area contributed by atoms with Gasteiger partial charge in [-0.1, -0.05) is 43.2 Å². The third kappa shape index (κ3) is 2.84. The summed E-state index contributed by atoms with van der Waals surface area (Å²) in [5, 5.41) is 8.07. The van der Waals surface area contributed by atoms with Gasteiger partial charge in [0.05, 0.1) is 11.3 Å². The highest BCUT2D eigenvalue weighted by Crippen LogP contribution is 2.40. The Morgan fingerprint density at radius 2 is 2.00 bits per heavy atom. The Hall–Kier alpha value is -2.47. The number of rotatable bonds is 3. The van der Waals surface area contributed by atoms with Crippen LogP contribution < -0.4 is 5.32 Å². The molecule has 6 heteroatoms. The van der Waals surface area contributed by atoms with Crippen molar-refractivity contribution >= 4 is 11.6 Å². The van der Waals surface area contributed by atoms with Gasteiger partial charge in [0, 0.05) is 24.3 Å². The maximum absolute atomic E-state index is 6.17. The van der Waals surface area contributed by atoms with Crippen molar-refractivity contribution in [2.45, 2.75) is 50.2 Å². The van der Waals surface area contributed by atoms with Crippen molar-refractivity contribution < 1.29 is 4.74 Å². The lowest BCUT2D eigenvalue weighted by molar-refractivity contribution is -0.0767. The van der Waals surface area contributed by atoms with E-state index in [4.69, 9.17) is 4.74 Å². The maximum atomic E-state index is 6.17. The van der Waals surface area contributed by atoms with Crippen molar-refractivity contribution in [2.24, 2.45) is 0 Å². The smallest absolute Gasteiger partial charge is 0.254 e. The van der Waals surface area contributed by atoms with E-state index in [1.54, 1.807) is 10.8 Å². The molecule has 26 heavy (non-hydrogen) atoms. The molecule has 0 radical (unpaired) electrons. The lowest BCUT2D eigenvalue weighted by atomic mass is 9.89. The first kappa shape index (κ1) is 15.8. The Morgan fingerprint density at radius 3 is 2.85 bits per heavy atom. The second-order valence-electron chi connectivity index (χ2n) is 7.44. The third-order valence-corrected chi connectivity index (χ3v) is 5.68. The number of hydrogen-bond donors (Lipinski definition) is 1. The summed E-state index contributed by atoms with van der Waals surface area (Å²) >= 11 is 0. The predicted octanol–water partition coefficient (Wildman–Crippen LogP) is 3.70. The third-order valence-electron chi connectivity index (χ3n) is 5.68. The zero-order valence-corrected chi connectivity index (χ0v) is 14.8. The van der Waals surface area contributed by atoms with Crippen molar-refractivity contribution in [3.8, 4) is 11.3 Å². The van der Waals surface area contributed by atoms with Crippen molar-refractivity contribution in [2.75, 3.05) is 11.9 Å². The Bertz CT molecular complexity index is 901. The molecule has 134 valence electrons. The summed E-state index contributed by atoms with van der Waals surface area (Å²) in [6.45, 7) is 0.828. The normalized spacial score (nSPS) is 22.1. The number of nitrogens with zero attached hydrogens (tertiary/aromatic N) is 4. The van der Waals surface area contributed by atoms with Crippen LogP contribution in [0.25, 0.3) is 17.0 Å². The predicted molar refractivity (Wildman–Crippen MR) is 100 cm³/mol. The van der Waals surface area contributed by atoms with Gasteiger partial charge in [0.25, 0.3) is 5.78 Å². The zero-order chi connectivity index (χ0) is 17.4. The van der Waals surface area contributed by atoms with E-state index < -0.39 is 0 Å². The van der Waals surface area contributed by atoms with Crippen LogP contribution in [0.1, 0.15) is 38.5 Å². The van der Waals surface area contributed by atoms with Gasteiger partial charge in [0.2, 0.25) is 0 Å². The highest BCUT2D eigenvalue weighted by atomic mass is 16.5. The van der Waals surface area contributed by atoms with Crippen molar-refractivity contribution in [3.05, 3.63) is 42.7 Å². The number of benzene rings is 1. The van der Waals surface area contributed by atoms with Crippen LogP contribution in [0.15, 0.2) is 42.7 Å². The molecule has 2 aromatic heterocycles. The van der Waals surface area contributed by atoms with Crippen LogP contribution in [0.3, 0.4) is 0 Å². The Balaban J connectivity index is 1.47. The van der Waals surface area contributed by atoms with Crippen molar-refractivity contribution in [1.82, 2.24) is 19.6 Å². The molecule has 1 aromatic carbocycles. The Morgan fingerprint density at radius 1 is 1.15 bits per heavy atom. The Labute approximate surface area is 152 Å². The molecule has 5 rings (SSSR count). The highest BCUT2D eigenvalue weighted by molar-refractivity contribution is 5.65. The first-order chi connectivity index (χ1) is 12.8. The van der Waals surface area contributed by atoms with E-state index >= 15 is 0 Å². The number of anilines is 1. The van der Waals surface area contributed by atoms with E-state index in [0.29, 0.717) is 11.8 Å². The largest absolute Gasteiger partial charge is 0.375 e. The lowest BCUT2D eigenvalue weighted by Gasteiger charge is -2.38. The van der Waals surface area contributed by atoms with Crippen LogP contribution in [-0.4, -0.2) is 37.8 Å². The highest BCUT2D eigenvalue weighted by Gasteiger charge is 2.40. The fraction of sp³-hybridized carbons (Fsp3) is 0.450. The topological polar surface area (TPSA) is 64.3 Å². The molecule has 3 heterocycles. The first-order valence-electron chi connectivity index (χ1n) is 9.48. The summed E-state index contributed by atoms with van der Waals surface area (Å²) in [6, 6.07) is 12.7. The number of ether oxygens (including phenoxy) is 1. The van der Waals surface area contributed by atoms with Crippen LogP contribution in [-0.2, 0) is 4.74 Å². The molecule has 1 aliphatic carbocycles. The summed E-state index contributed by atoms with van der Waals surface area (Å²) < 4.78 is 7.97. The fourth-order valence-electron chi connectivity index (χ4n) is 4.40. The van der Waals surface area contributed by atoms with Crippen LogP contribution >= 0.6 is 0 Å². The monoisotopic (exact) mass is 349 g/mol. The second-order valence-corrected chi connectivity index (χ2v) is 7.44. The first-order valence-corrected chi connectivity index (χ1v) is 9.48. The number of nitrogens with one attached hydrogen (secondary N) is 1. The molecule has 1 saturated carbocycles. The molecule has 1 spiro atoms. The number of fused-ring (bicyclic) bond motifs is 1. The zero-order valence-electron chi connectivity index (χ0n) is 14.8. The molecule has 0 amide bonds. The van der Waals surface area contributed by atoms with Gasteiger partial charge in [-0.2, -0.15) is 14.6 Å². The molecule has 1 saturated heterocycles. The molecular formula is C20H23N5O. The van der Waals surface area contributed by atoms with Crippen LogP contribution in [0.2, 0.25) is 0 Å². The van der Waals surface area contributed by atoms with E-state index in [1.807, 2.05) is 18.2 Å². The summed E-state index contributed by atoms with van der Waals surface area (Å²) in [7, 11) is 0. The minimum absolute atomic E-state index is 0.0900. The standard InChI is InChI=1S/C20H23N5O/c1-2-6-15(7-3-1)17-12-18(25-19(24-17)21-14-22-25)23-16-8-11-26-20(13-16)9-4-5-10-20/h1-3,6-7,12,14,16,23H,4-5,8-11,13H2. The van der Waals surface area contributed by atoms with Gasteiger partial charge in [0.15, 0.2) is 0 Å². The molecule has 1 atom stereocenters. The molecular weight excluding hydrogens is 326 g/mol. The average Bonchev–Trinajstić information content (AvgIpc) is 3.32. The van der Waals surface area contributed by atoms with Gasteiger partial charge in [-0.3, -0.25) is 0 Å². The molecule has 3 aromatic rings. The number of hydrogen-bond acceptors (Lipinski definition) is 5. The van der Waals surface area contributed by atoms with Crippen molar-refractivity contribution in [1.29, 1.82) is 0 Å². The van der Waals surface area contributed by atoms with E-state index in [2.05, 4.69) is 38.6 Å². The Kier molecular flexibility index (Phi) is 3.85. The van der Waals surface area contributed by atoms with Gasteiger partial charge in [-0.15, -0.1) is 0 Å². The maximum Gasteiger partial charge on any atom is 0.254 e. The van der Waals surface area contributed by atoms with E-state index in [0.717, 1.165) is 36.5 Å². The molecule has 6 nitrogen and oxygen atoms in total. The molecule has 1 unspecified atom stereocenters. The molecule has 2 fully saturated rings. The van der Waals surface area contributed by atoms with Gasteiger partial charge in [-0.05, 0) is 25.7 Å². The summed E-state index contributed by atoms with van der Waals surface area (Å²) in [5.41, 5.74) is 2.09. The van der Waals surface area contributed by atoms with E-state index in [9.17, 15) is 0 Å². The van der Waals surface area contributed by atoms with Crippen LogP contribution in [0, 0.1) is 0 Å². The average molecular weight is 349 g/mol. The van der Waals surface area contributed by atoms with E-state index in [1.165, 1.54) is 25.7 Å². The van der Waals surface area contributed by atoms with E-state index in [-0.39, 0.29) is 5.60 Å². The summed E-state index contributed by atoms with van der Waals surface area (Å²) in [5.74, 6) is 1.57. The minimum atomic E-state index is 0.0900. The quantitative estimate of drug-likeness (QED) is 0.781. The van der Waals surface area contributed by atoms with Gasteiger partial charge >= 0.3 is 0 Å². The lowest BCUT2D eigenvalue weighted by Crippen LogP contribution is -2.42. The minimum Gasteiger partial charge on any atom is -0.375 e. The fourth-order valence-corrected chi connectivity index (χ4v) is 4.40. The molecule has 0 bridgehead atoms. The number of aromatic nitrogens is 4. The molecule has 2 aliphatic rings. The summed E-state index contributed by atoms with van der Waals surface area (Å²) in [4.78, 5) is 8.96. The molecule has 1 N–H and O–H groups in total. The SMILES string of the molecule is c1ccc(-c2cc(NC3CCOC4(CCCC4)C3)n3ncnc3n2)cc1. The van der Waals surface area contributed by atoms with Gasteiger partial charge in [0.1, 0.15) is 12.1 Å². The van der Waals surface area contributed by atoms with Crippen molar-refractivity contribution in [3.63, 3.8) is 0 Å². The van der Waals surface area contributed by atoms with Crippen LogP contribution in [0.4, 0.5) is 5.82 Å². The second kappa shape index (κ2) is 6.36. The van der Waals surface area contributed by atoms with Gasteiger partial charge < -0.3 is 10.1 Å². The van der Waals surface area contributed by atoms with Crippen LogP contribution in [0.5, 0.6) is 0 Å². The van der Waals surface area contributed by atoms with Gasteiger partial charge in [-0.25, -0.2) is 4.98 Å². The molecule has 1 aliphatic heterocycles.